The van der Waals surface area contributed by atoms with Crippen LogP contribution in [0.25, 0.3) is 27.7 Å². The van der Waals surface area contributed by atoms with E-state index in [0.29, 0.717) is 17.2 Å². The first kappa shape index (κ1) is 18.7. The van der Waals surface area contributed by atoms with Gasteiger partial charge in [0.2, 0.25) is 0 Å². The van der Waals surface area contributed by atoms with Crippen molar-refractivity contribution in [2.75, 3.05) is 11.9 Å². The molecular weight excluding hydrogens is 380 g/mol. The monoisotopic (exact) mass is 398 g/mol. The van der Waals surface area contributed by atoms with Crippen molar-refractivity contribution in [2.24, 2.45) is 0 Å². The highest BCUT2D eigenvalue weighted by Gasteiger charge is 2.09. The van der Waals surface area contributed by atoms with Gasteiger partial charge < -0.3 is 10.1 Å². The third kappa shape index (κ3) is 4.26. The van der Waals surface area contributed by atoms with Crippen LogP contribution < -0.4 is 10.1 Å². The predicted octanol–water partition coefficient (Wildman–Crippen LogP) is 5.73. The Kier molecular flexibility index (Phi) is 5.50. The SMILES string of the molecule is CCOc1ccc(-c2csc(C(C#N)=CNc3ccc4ncccc4c3)n2)cc1. The molecule has 0 fully saturated rings. The Bertz CT molecular complexity index is 1210. The number of rotatable bonds is 6. The molecule has 0 atom stereocenters. The molecule has 2 heterocycles. The van der Waals surface area contributed by atoms with Gasteiger partial charge in [0.15, 0.2) is 0 Å². The van der Waals surface area contributed by atoms with Gasteiger partial charge in [-0.1, -0.05) is 6.07 Å². The summed E-state index contributed by atoms with van der Waals surface area (Å²) in [6, 6.07) is 19.8. The van der Waals surface area contributed by atoms with Crippen molar-refractivity contribution in [1.82, 2.24) is 9.97 Å². The predicted molar refractivity (Wildman–Crippen MR) is 118 cm³/mol. The van der Waals surface area contributed by atoms with Gasteiger partial charge in [-0.3, -0.25) is 4.98 Å². The Hall–Kier alpha value is -3.69. The summed E-state index contributed by atoms with van der Waals surface area (Å²) in [5.41, 5.74) is 4.14. The maximum absolute atomic E-state index is 9.59. The summed E-state index contributed by atoms with van der Waals surface area (Å²) < 4.78 is 5.48. The van der Waals surface area contributed by atoms with Crippen molar-refractivity contribution < 1.29 is 4.74 Å². The second-order valence-corrected chi connectivity index (χ2v) is 7.08. The Balaban J connectivity index is 1.53. The number of aromatic nitrogens is 2. The van der Waals surface area contributed by atoms with E-state index in [2.05, 4.69) is 21.4 Å². The second-order valence-electron chi connectivity index (χ2n) is 6.22. The maximum atomic E-state index is 9.59. The molecule has 0 unspecified atom stereocenters. The molecule has 0 aliphatic carbocycles. The molecule has 0 amide bonds. The number of nitriles is 1. The normalized spacial score (nSPS) is 11.2. The molecule has 4 rings (SSSR count). The van der Waals surface area contributed by atoms with Crippen molar-refractivity contribution >= 4 is 33.5 Å². The number of anilines is 1. The summed E-state index contributed by atoms with van der Waals surface area (Å²) in [6.45, 7) is 2.59. The average Bonchev–Trinajstić information content (AvgIpc) is 3.25. The van der Waals surface area contributed by atoms with Crippen LogP contribution in [0.1, 0.15) is 11.9 Å². The molecule has 4 aromatic rings. The molecule has 0 bridgehead atoms. The van der Waals surface area contributed by atoms with Gasteiger partial charge in [-0.25, -0.2) is 4.98 Å². The minimum Gasteiger partial charge on any atom is -0.494 e. The van der Waals surface area contributed by atoms with Crippen LogP contribution in [0.3, 0.4) is 0 Å². The molecule has 0 spiro atoms. The number of nitrogens with one attached hydrogen (secondary N) is 1. The van der Waals surface area contributed by atoms with Crippen LogP contribution in [0.2, 0.25) is 0 Å². The molecule has 2 aromatic heterocycles. The highest BCUT2D eigenvalue weighted by molar-refractivity contribution is 7.11. The number of allylic oxidation sites excluding steroid dienone is 1. The summed E-state index contributed by atoms with van der Waals surface area (Å²) >= 11 is 1.45. The van der Waals surface area contributed by atoms with Crippen molar-refractivity contribution in [3.8, 4) is 23.1 Å². The van der Waals surface area contributed by atoms with Crippen LogP contribution >= 0.6 is 11.3 Å². The number of nitrogens with zero attached hydrogens (tertiary/aromatic N) is 3. The molecule has 142 valence electrons. The summed E-state index contributed by atoms with van der Waals surface area (Å²) in [5, 5.41) is 16.4. The summed E-state index contributed by atoms with van der Waals surface area (Å²) in [7, 11) is 0. The van der Waals surface area contributed by atoms with Gasteiger partial charge >= 0.3 is 0 Å². The highest BCUT2D eigenvalue weighted by Crippen LogP contribution is 2.27. The van der Waals surface area contributed by atoms with Gasteiger partial charge in [-0.15, -0.1) is 11.3 Å². The number of hydrogen-bond donors (Lipinski definition) is 1. The molecule has 1 N–H and O–H groups in total. The fourth-order valence-corrected chi connectivity index (χ4v) is 3.68. The lowest BCUT2D eigenvalue weighted by molar-refractivity contribution is 0.340. The Morgan fingerprint density at radius 2 is 2.07 bits per heavy atom. The van der Waals surface area contributed by atoms with Crippen LogP contribution in [0, 0.1) is 11.3 Å². The van der Waals surface area contributed by atoms with Crippen LogP contribution in [0.15, 0.2) is 72.4 Å². The van der Waals surface area contributed by atoms with Crippen LogP contribution in [0.4, 0.5) is 5.69 Å². The van der Waals surface area contributed by atoms with Crippen LogP contribution in [0.5, 0.6) is 5.75 Å². The Labute approximate surface area is 172 Å². The first-order chi connectivity index (χ1) is 14.3. The Morgan fingerprint density at radius 3 is 2.86 bits per heavy atom. The van der Waals surface area contributed by atoms with Gasteiger partial charge in [-0.05, 0) is 55.5 Å². The largest absolute Gasteiger partial charge is 0.494 e. The van der Waals surface area contributed by atoms with Crippen molar-refractivity contribution in [3.63, 3.8) is 0 Å². The topological polar surface area (TPSA) is 70.8 Å². The number of thiazole rings is 1. The van der Waals surface area contributed by atoms with E-state index >= 15 is 0 Å². The van der Waals surface area contributed by atoms with Gasteiger partial charge in [0.25, 0.3) is 0 Å². The zero-order valence-electron chi connectivity index (χ0n) is 15.8. The lowest BCUT2D eigenvalue weighted by atomic mass is 10.2. The van der Waals surface area contributed by atoms with Crippen molar-refractivity contribution in [2.45, 2.75) is 6.92 Å². The van der Waals surface area contributed by atoms with Gasteiger partial charge in [-0.2, -0.15) is 5.26 Å². The van der Waals surface area contributed by atoms with Crippen LogP contribution in [-0.2, 0) is 0 Å². The van der Waals surface area contributed by atoms with E-state index in [4.69, 9.17) is 4.74 Å². The van der Waals surface area contributed by atoms with E-state index < -0.39 is 0 Å². The molecule has 0 saturated carbocycles. The highest BCUT2D eigenvalue weighted by atomic mass is 32.1. The fourth-order valence-electron chi connectivity index (χ4n) is 2.88. The van der Waals surface area contributed by atoms with Crippen molar-refractivity contribution in [1.29, 1.82) is 5.26 Å². The quantitative estimate of drug-likeness (QED) is 0.420. The minimum absolute atomic E-state index is 0.485. The fraction of sp³-hybridized carbons (Fsp3) is 0.0870. The Morgan fingerprint density at radius 1 is 1.21 bits per heavy atom. The van der Waals surface area contributed by atoms with E-state index in [9.17, 15) is 5.26 Å². The number of hydrogen-bond acceptors (Lipinski definition) is 6. The molecule has 0 saturated heterocycles. The molecule has 5 nitrogen and oxygen atoms in total. The molecular formula is C23H18N4OS. The third-order valence-corrected chi connectivity index (χ3v) is 5.18. The van der Waals surface area contributed by atoms with E-state index in [0.717, 1.165) is 33.6 Å². The maximum Gasteiger partial charge on any atom is 0.136 e. The van der Waals surface area contributed by atoms with E-state index in [1.54, 1.807) is 12.4 Å². The summed E-state index contributed by atoms with van der Waals surface area (Å²) in [6.07, 6.45) is 3.46. The molecule has 29 heavy (non-hydrogen) atoms. The standard InChI is InChI=1S/C23H18N4OS/c1-2-28-20-8-5-16(6-9-20)22-15-29-23(27-22)18(13-24)14-26-19-7-10-21-17(12-19)4-3-11-25-21/h3-12,14-15,26H,2H2,1H3. The summed E-state index contributed by atoms with van der Waals surface area (Å²) in [4.78, 5) is 8.94. The second kappa shape index (κ2) is 8.55. The summed E-state index contributed by atoms with van der Waals surface area (Å²) in [5.74, 6) is 0.832. The van der Waals surface area contributed by atoms with Crippen LogP contribution in [-0.4, -0.2) is 16.6 Å². The zero-order valence-corrected chi connectivity index (χ0v) is 16.6. The van der Waals surface area contributed by atoms with E-state index in [-0.39, 0.29) is 0 Å². The molecule has 2 aromatic carbocycles. The van der Waals surface area contributed by atoms with E-state index in [1.807, 2.05) is 66.9 Å². The third-order valence-electron chi connectivity index (χ3n) is 4.30. The lowest BCUT2D eigenvalue weighted by Crippen LogP contribution is -1.92. The zero-order chi connectivity index (χ0) is 20.1. The van der Waals surface area contributed by atoms with Crippen molar-refractivity contribution in [3.05, 3.63) is 77.4 Å². The molecule has 6 heteroatoms. The molecule has 0 aliphatic rings. The van der Waals surface area contributed by atoms with Gasteiger partial charge in [0, 0.05) is 34.4 Å². The number of benzene rings is 2. The average molecular weight is 398 g/mol. The van der Waals surface area contributed by atoms with Gasteiger partial charge in [0.1, 0.15) is 22.4 Å². The first-order valence-corrected chi connectivity index (χ1v) is 10.1. The van der Waals surface area contributed by atoms with Gasteiger partial charge in [0.05, 0.1) is 17.8 Å². The number of pyridine rings is 1. The first-order valence-electron chi connectivity index (χ1n) is 9.17. The van der Waals surface area contributed by atoms with E-state index in [1.165, 1.54) is 11.3 Å². The lowest BCUT2D eigenvalue weighted by Gasteiger charge is -2.04. The molecule has 0 radical (unpaired) electrons. The molecule has 0 aliphatic heterocycles. The minimum atomic E-state index is 0.485. The number of fused-ring (bicyclic) bond motifs is 1. The number of ether oxygens (including phenoxy) is 1. The smallest absolute Gasteiger partial charge is 0.136 e.